The quantitative estimate of drug-likeness (QED) is 0.731. The number of hydrogen-bond donors (Lipinski definition) is 1. The Kier molecular flexibility index (Phi) is 5.07. The van der Waals surface area contributed by atoms with Gasteiger partial charge in [0.05, 0.1) is 6.33 Å². The summed E-state index contributed by atoms with van der Waals surface area (Å²) in [4.78, 5) is 4.08. The highest BCUT2D eigenvalue weighted by Crippen LogP contribution is 2.22. The van der Waals surface area contributed by atoms with Gasteiger partial charge in [0.15, 0.2) is 0 Å². The van der Waals surface area contributed by atoms with Gasteiger partial charge >= 0.3 is 0 Å². The van der Waals surface area contributed by atoms with Crippen LogP contribution in [0.5, 0.6) is 0 Å². The maximum absolute atomic E-state index is 6.00. The number of hydrogen-bond acceptors (Lipinski definition) is 2. The van der Waals surface area contributed by atoms with Gasteiger partial charge in [0.2, 0.25) is 0 Å². The molecule has 0 radical (unpaired) electrons. The van der Waals surface area contributed by atoms with E-state index in [-0.39, 0.29) is 0 Å². The number of nitrogens with one attached hydrogen (secondary N) is 1. The lowest BCUT2D eigenvalue weighted by Crippen LogP contribution is -2.29. The van der Waals surface area contributed by atoms with Crippen LogP contribution in [0.4, 0.5) is 0 Å². The summed E-state index contributed by atoms with van der Waals surface area (Å²) in [6.45, 7) is 8.26. The van der Waals surface area contributed by atoms with Gasteiger partial charge in [-0.1, -0.05) is 11.6 Å². The Hall–Kier alpha value is -2.04. The molecule has 2 heterocycles. The average molecular weight is 343 g/mol. The zero-order valence-electron chi connectivity index (χ0n) is 14.3. The number of aryl methyl sites for hydroxylation is 1. The highest BCUT2D eigenvalue weighted by Gasteiger charge is 2.11. The van der Waals surface area contributed by atoms with E-state index >= 15 is 0 Å². The minimum Gasteiger partial charge on any atom is -0.336 e. The fraction of sp³-hybridized carbons (Fsp3) is 0.316. The molecule has 126 valence electrons. The van der Waals surface area contributed by atoms with Crippen LogP contribution in [-0.2, 0) is 13.1 Å². The molecule has 0 saturated heterocycles. The first kappa shape index (κ1) is 16.8. The van der Waals surface area contributed by atoms with Crippen LogP contribution in [0.25, 0.3) is 5.69 Å². The van der Waals surface area contributed by atoms with E-state index in [1.54, 1.807) is 0 Å². The molecule has 0 saturated carbocycles. The molecular formula is C19H23ClN4. The van der Waals surface area contributed by atoms with Crippen molar-refractivity contribution in [1.29, 1.82) is 0 Å². The Labute approximate surface area is 148 Å². The summed E-state index contributed by atoms with van der Waals surface area (Å²) in [5, 5.41) is 4.36. The summed E-state index contributed by atoms with van der Waals surface area (Å²) >= 11 is 6.00. The molecule has 0 spiro atoms. The van der Waals surface area contributed by atoms with Gasteiger partial charge in [0, 0.05) is 53.6 Å². The molecule has 0 aliphatic rings. The lowest BCUT2D eigenvalue weighted by Gasteiger charge is -2.15. The van der Waals surface area contributed by atoms with E-state index in [0.717, 1.165) is 23.8 Å². The van der Waals surface area contributed by atoms with Gasteiger partial charge in [-0.3, -0.25) is 0 Å². The van der Waals surface area contributed by atoms with E-state index < -0.39 is 0 Å². The van der Waals surface area contributed by atoms with Crippen molar-refractivity contribution in [3.63, 3.8) is 0 Å². The van der Waals surface area contributed by atoms with Crippen LogP contribution in [0.3, 0.4) is 0 Å². The number of aromatic nitrogens is 3. The first-order chi connectivity index (χ1) is 11.5. The summed E-state index contributed by atoms with van der Waals surface area (Å²) in [5.41, 5.74) is 4.96. The molecule has 0 amide bonds. The zero-order valence-corrected chi connectivity index (χ0v) is 15.1. The maximum atomic E-state index is 6.00. The second kappa shape index (κ2) is 7.24. The third-order valence-corrected chi connectivity index (χ3v) is 4.56. The van der Waals surface area contributed by atoms with Crippen molar-refractivity contribution in [1.82, 2.24) is 19.4 Å². The first-order valence-corrected chi connectivity index (χ1v) is 8.55. The Morgan fingerprint density at radius 1 is 1.21 bits per heavy atom. The molecular weight excluding hydrogens is 320 g/mol. The van der Waals surface area contributed by atoms with Crippen molar-refractivity contribution >= 4 is 11.6 Å². The van der Waals surface area contributed by atoms with Crippen molar-refractivity contribution in [3.8, 4) is 5.69 Å². The minimum absolute atomic E-state index is 0.373. The molecule has 0 fully saturated rings. The molecule has 0 aliphatic heterocycles. The first-order valence-electron chi connectivity index (χ1n) is 8.17. The number of halogens is 1. The fourth-order valence-corrected chi connectivity index (χ4v) is 3.18. The lowest BCUT2D eigenvalue weighted by molar-refractivity contribution is 0.475. The van der Waals surface area contributed by atoms with Crippen LogP contribution in [-0.4, -0.2) is 20.2 Å². The summed E-state index contributed by atoms with van der Waals surface area (Å²) in [6.07, 6.45) is 5.65. The molecule has 0 unspecified atom stereocenters. The molecule has 3 aromatic rings. The standard InChI is InChI=1S/C19H23ClN4/c1-14(12-23-9-8-21-13-23)22-11-17-10-15(2)24(16(17)3)19-6-4-18(20)5-7-19/h4-10,13-14,22H,11-12H2,1-3H3/t14-/m0/s1. The Balaban J connectivity index is 1.70. The van der Waals surface area contributed by atoms with Gasteiger partial charge in [-0.25, -0.2) is 4.98 Å². The number of rotatable bonds is 6. The van der Waals surface area contributed by atoms with Crippen molar-refractivity contribution in [2.45, 2.75) is 39.9 Å². The van der Waals surface area contributed by atoms with Crippen molar-refractivity contribution < 1.29 is 0 Å². The highest BCUT2D eigenvalue weighted by atomic mass is 35.5. The van der Waals surface area contributed by atoms with Gasteiger partial charge in [0.25, 0.3) is 0 Å². The predicted octanol–water partition coefficient (Wildman–Crippen LogP) is 4.12. The van der Waals surface area contributed by atoms with Crippen LogP contribution in [0.2, 0.25) is 5.02 Å². The van der Waals surface area contributed by atoms with Gasteiger partial charge in [0.1, 0.15) is 0 Å². The molecule has 1 atom stereocenters. The summed E-state index contributed by atoms with van der Waals surface area (Å²) in [5.74, 6) is 0. The Morgan fingerprint density at radius 3 is 2.62 bits per heavy atom. The van der Waals surface area contributed by atoms with E-state index in [1.165, 1.54) is 17.0 Å². The van der Waals surface area contributed by atoms with E-state index in [0.29, 0.717) is 6.04 Å². The zero-order chi connectivity index (χ0) is 17.1. The smallest absolute Gasteiger partial charge is 0.0946 e. The summed E-state index contributed by atoms with van der Waals surface area (Å²) in [6, 6.07) is 10.6. The van der Waals surface area contributed by atoms with Crippen LogP contribution in [0.1, 0.15) is 23.9 Å². The van der Waals surface area contributed by atoms with E-state index in [2.05, 4.69) is 58.4 Å². The van der Waals surface area contributed by atoms with Crippen molar-refractivity contribution in [2.24, 2.45) is 0 Å². The Bertz CT molecular complexity index is 788. The van der Waals surface area contributed by atoms with Gasteiger partial charge in [-0.05, 0) is 56.7 Å². The maximum Gasteiger partial charge on any atom is 0.0946 e. The van der Waals surface area contributed by atoms with Crippen LogP contribution in [0.15, 0.2) is 49.1 Å². The molecule has 0 bridgehead atoms. The molecule has 0 aliphatic carbocycles. The van der Waals surface area contributed by atoms with Gasteiger partial charge in [-0.2, -0.15) is 0 Å². The summed E-state index contributed by atoms with van der Waals surface area (Å²) in [7, 11) is 0. The lowest BCUT2D eigenvalue weighted by atomic mass is 10.2. The number of nitrogens with zero attached hydrogens (tertiary/aromatic N) is 3. The topological polar surface area (TPSA) is 34.8 Å². The average Bonchev–Trinajstić information content (AvgIpc) is 3.15. The predicted molar refractivity (Wildman–Crippen MR) is 98.8 cm³/mol. The normalized spacial score (nSPS) is 12.5. The molecule has 2 aromatic heterocycles. The van der Waals surface area contributed by atoms with Crippen LogP contribution in [0, 0.1) is 13.8 Å². The second-order valence-corrected chi connectivity index (χ2v) is 6.69. The van der Waals surface area contributed by atoms with Crippen LogP contribution >= 0.6 is 11.6 Å². The van der Waals surface area contributed by atoms with Gasteiger partial charge in [-0.15, -0.1) is 0 Å². The van der Waals surface area contributed by atoms with E-state index in [4.69, 9.17) is 11.6 Å². The SMILES string of the molecule is Cc1cc(CN[C@@H](C)Cn2ccnc2)c(C)n1-c1ccc(Cl)cc1. The van der Waals surface area contributed by atoms with Crippen LogP contribution < -0.4 is 5.32 Å². The minimum atomic E-state index is 0.373. The summed E-state index contributed by atoms with van der Waals surface area (Å²) < 4.78 is 4.36. The molecule has 4 nitrogen and oxygen atoms in total. The van der Waals surface area contributed by atoms with Crippen molar-refractivity contribution in [3.05, 3.63) is 71.0 Å². The monoisotopic (exact) mass is 342 g/mol. The van der Waals surface area contributed by atoms with Gasteiger partial charge < -0.3 is 14.5 Å². The van der Waals surface area contributed by atoms with Crippen molar-refractivity contribution in [2.75, 3.05) is 0 Å². The fourth-order valence-electron chi connectivity index (χ4n) is 3.06. The highest BCUT2D eigenvalue weighted by molar-refractivity contribution is 6.30. The largest absolute Gasteiger partial charge is 0.336 e. The number of imidazole rings is 1. The Morgan fingerprint density at radius 2 is 1.96 bits per heavy atom. The molecule has 5 heteroatoms. The molecule has 24 heavy (non-hydrogen) atoms. The number of benzene rings is 1. The molecule has 1 N–H and O–H groups in total. The third kappa shape index (κ3) is 3.71. The molecule has 1 aromatic carbocycles. The third-order valence-electron chi connectivity index (χ3n) is 4.31. The van der Waals surface area contributed by atoms with E-state index in [9.17, 15) is 0 Å². The molecule has 3 rings (SSSR count). The second-order valence-electron chi connectivity index (χ2n) is 6.25. The van der Waals surface area contributed by atoms with E-state index in [1.807, 2.05) is 30.9 Å².